The third kappa shape index (κ3) is 4.24. The molecule has 26 heavy (non-hydrogen) atoms. The van der Waals surface area contributed by atoms with E-state index in [1.165, 1.54) is 16.2 Å². The van der Waals surface area contributed by atoms with Crippen molar-refractivity contribution in [3.8, 4) is 0 Å². The highest BCUT2D eigenvalue weighted by molar-refractivity contribution is 9.10. The van der Waals surface area contributed by atoms with Gasteiger partial charge in [0, 0.05) is 35.3 Å². The number of nitrogens with zero attached hydrogens (tertiary/aromatic N) is 3. The van der Waals surface area contributed by atoms with Crippen LogP contribution in [0.5, 0.6) is 0 Å². The second-order valence-corrected chi connectivity index (χ2v) is 8.16. The number of aromatic nitrogens is 1. The summed E-state index contributed by atoms with van der Waals surface area (Å²) in [4.78, 5) is 33.0. The zero-order valence-corrected chi connectivity index (χ0v) is 17.1. The highest BCUT2D eigenvalue weighted by Crippen LogP contribution is 2.28. The van der Waals surface area contributed by atoms with Crippen LogP contribution in [-0.4, -0.2) is 47.9 Å². The van der Waals surface area contributed by atoms with Crippen molar-refractivity contribution in [2.24, 2.45) is 0 Å². The monoisotopic (exact) mass is 436 g/mol. The van der Waals surface area contributed by atoms with E-state index in [1.807, 2.05) is 35.4 Å². The Bertz CT molecular complexity index is 796. The molecule has 1 aliphatic heterocycles. The van der Waals surface area contributed by atoms with Gasteiger partial charge >= 0.3 is 0 Å². The third-order valence-corrected chi connectivity index (χ3v) is 5.72. The molecule has 0 saturated carbocycles. The molecule has 8 heteroatoms. The number of rotatable bonds is 5. The molecule has 0 radical (unpaired) electrons. The molecule has 2 heterocycles. The third-order valence-electron chi connectivity index (χ3n) is 4.42. The maximum Gasteiger partial charge on any atom is 0.245 e. The molecule has 0 aliphatic carbocycles. The largest absolute Gasteiger partial charge is 0.336 e. The van der Waals surface area contributed by atoms with Gasteiger partial charge in [-0.25, -0.2) is 4.98 Å². The zero-order chi connectivity index (χ0) is 18.7. The van der Waals surface area contributed by atoms with Crippen LogP contribution in [0.2, 0.25) is 0 Å². The molecular weight excluding hydrogens is 416 g/mol. The Morgan fingerprint density at radius 3 is 2.96 bits per heavy atom. The van der Waals surface area contributed by atoms with Gasteiger partial charge in [0.05, 0.1) is 6.54 Å². The molecule has 1 aliphatic rings. The predicted molar refractivity (Wildman–Crippen MR) is 108 cm³/mol. The number of halogens is 1. The standard InChI is InChI=1S/C18H21BrN4O2S/c1-12-10-13(19)5-6-14(12)21-16(24)11-22(2)17(25)15-4-3-8-23(15)18-20-7-9-26-18/h5-7,9-10,15H,3-4,8,11H2,1-2H3,(H,21,24)/t15-/m1/s1. The van der Waals surface area contributed by atoms with Gasteiger partial charge in [0.15, 0.2) is 5.13 Å². The lowest BCUT2D eigenvalue weighted by atomic mass is 10.2. The van der Waals surface area contributed by atoms with Crippen LogP contribution in [0.15, 0.2) is 34.2 Å². The fourth-order valence-electron chi connectivity index (χ4n) is 3.11. The summed E-state index contributed by atoms with van der Waals surface area (Å²) in [5.74, 6) is -0.245. The number of thiazole rings is 1. The Morgan fingerprint density at radius 2 is 2.27 bits per heavy atom. The summed E-state index contributed by atoms with van der Waals surface area (Å²) in [6.07, 6.45) is 3.49. The van der Waals surface area contributed by atoms with Gasteiger partial charge < -0.3 is 15.1 Å². The van der Waals surface area contributed by atoms with Crippen LogP contribution in [0, 0.1) is 6.92 Å². The summed E-state index contributed by atoms with van der Waals surface area (Å²) in [6, 6.07) is 5.42. The minimum atomic E-state index is -0.242. The summed E-state index contributed by atoms with van der Waals surface area (Å²) >= 11 is 4.94. The molecule has 2 amide bonds. The molecule has 1 fully saturated rings. The fourth-order valence-corrected chi connectivity index (χ4v) is 4.31. The van der Waals surface area contributed by atoms with Crippen molar-refractivity contribution in [1.29, 1.82) is 0 Å². The number of carbonyl (C=O) groups excluding carboxylic acids is 2. The topological polar surface area (TPSA) is 65.5 Å². The van der Waals surface area contributed by atoms with E-state index in [1.54, 1.807) is 13.2 Å². The van der Waals surface area contributed by atoms with E-state index in [2.05, 4.69) is 26.2 Å². The molecule has 1 saturated heterocycles. The molecule has 3 rings (SSSR count). The van der Waals surface area contributed by atoms with Crippen LogP contribution >= 0.6 is 27.3 Å². The fraction of sp³-hybridized carbons (Fsp3) is 0.389. The van der Waals surface area contributed by atoms with Gasteiger partial charge in [-0.2, -0.15) is 0 Å². The Hall–Kier alpha value is -1.93. The van der Waals surface area contributed by atoms with E-state index in [9.17, 15) is 9.59 Å². The highest BCUT2D eigenvalue weighted by atomic mass is 79.9. The number of aryl methyl sites for hydroxylation is 1. The predicted octanol–water partition coefficient (Wildman–Crippen LogP) is 3.28. The summed E-state index contributed by atoms with van der Waals surface area (Å²) in [7, 11) is 1.68. The van der Waals surface area contributed by atoms with Crippen LogP contribution in [-0.2, 0) is 9.59 Å². The van der Waals surface area contributed by atoms with Gasteiger partial charge in [-0.3, -0.25) is 9.59 Å². The van der Waals surface area contributed by atoms with Crippen molar-refractivity contribution in [2.45, 2.75) is 25.8 Å². The number of benzene rings is 1. The second kappa shape index (κ2) is 8.18. The molecule has 0 spiro atoms. The van der Waals surface area contributed by atoms with Crippen LogP contribution in [0.3, 0.4) is 0 Å². The Kier molecular flexibility index (Phi) is 5.93. The molecule has 1 aromatic heterocycles. The number of nitrogens with one attached hydrogen (secondary N) is 1. The van der Waals surface area contributed by atoms with Gasteiger partial charge in [0.2, 0.25) is 11.8 Å². The number of hydrogen-bond acceptors (Lipinski definition) is 5. The molecule has 0 unspecified atom stereocenters. The van der Waals surface area contributed by atoms with Crippen molar-refractivity contribution in [3.63, 3.8) is 0 Å². The summed E-state index contributed by atoms with van der Waals surface area (Å²) in [6.45, 7) is 2.78. The number of likely N-dealkylation sites (N-methyl/N-ethyl adjacent to an activating group) is 1. The number of amides is 2. The molecule has 1 atom stereocenters. The number of carbonyl (C=O) groups is 2. The highest BCUT2D eigenvalue weighted by Gasteiger charge is 2.34. The summed E-state index contributed by atoms with van der Waals surface area (Å²) < 4.78 is 0.962. The lowest BCUT2D eigenvalue weighted by Gasteiger charge is -2.27. The number of hydrogen-bond donors (Lipinski definition) is 1. The molecule has 138 valence electrons. The van der Waals surface area contributed by atoms with Gasteiger partial charge in [-0.1, -0.05) is 15.9 Å². The van der Waals surface area contributed by atoms with Crippen molar-refractivity contribution >= 4 is 49.9 Å². The molecule has 0 bridgehead atoms. The first-order valence-electron chi connectivity index (χ1n) is 8.43. The van der Waals surface area contributed by atoms with E-state index in [0.717, 1.165) is 40.2 Å². The van der Waals surface area contributed by atoms with Crippen molar-refractivity contribution in [1.82, 2.24) is 9.88 Å². The first-order valence-corrected chi connectivity index (χ1v) is 10.1. The van der Waals surface area contributed by atoms with Crippen LogP contribution < -0.4 is 10.2 Å². The normalized spacial score (nSPS) is 16.6. The van der Waals surface area contributed by atoms with Crippen molar-refractivity contribution in [3.05, 3.63) is 39.8 Å². The summed E-state index contributed by atoms with van der Waals surface area (Å²) in [5.41, 5.74) is 1.72. The molecule has 6 nitrogen and oxygen atoms in total. The molecule has 1 aromatic carbocycles. The second-order valence-electron chi connectivity index (χ2n) is 6.37. The van der Waals surface area contributed by atoms with Crippen LogP contribution in [0.1, 0.15) is 18.4 Å². The van der Waals surface area contributed by atoms with E-state index >= 15 is 0 Å². The molecule has 1 N–H and O–H groups in total. The Balaban J connectivity index is 1.60. The van der Waals surface area contributed by atoms with Crippen LogP contribution in [0.25, 0.3) is 0 Å². The SMILES string of the molecule is Cc1cc(Br)ccc1NC(=O)CN(C)C(=O)[C@H]1CCCN1c1nccs1. The van der Waals surface area contributed by atoms with Gasteiger partial charge in [0.25, 0.3) is 0 Å². The average Bonchev–Trinajstić information content (AvgIpc) is 3.27. The lowest BCUT2D eigenvalue weighted by Crippen LogP contribution is -2.46. The average molecular weight is 437 g/mol. The molecule has 2 aromatic rings. The minimum absolute atomic E-state index is 0.0244. The van der Waals surface area contributed by atoms with Gasteiger partial charge in [0.1, 0.15) is 6.04 Å². The van der Waals surface area contributed by atoms with E-state index in [0.29, 0.717) is 0 Å². The Morgan fingerprint density at radius 1 is 1.46 bits per heavy atom. The molecular formula is C18H21BrN4O2S. The maximum atomic E-state index is 12.8. The van der Waals surface area contributed by atoms with E-state index < -0.39 is 0 Å². The maximum absolute atomic E-state index is 12.8. The quantitative estimate of drug-likeness (QED) is 0.780. The first kappa shape index (κ1) is 18.8. The van der Waals surface area contributed by atoms with E-state index in [-0.39, 0.29) is 24.4 Å². The Labute approximate surface area is 165 Å². The lowest BCUT2D eigenvalue weighted by molar-refractivity contribution is -0.134. The zero-order valence-electron chi connectivity index (χ0n) is 14.7. The van der Waals surface area contributed by atoms with Crippen molar-refractivity contribution < 1.29 is 9.59 Å². The smallest absolute Gasteiger partial charge is 0.245 e. The summed E-state index contributed by atoms with van der Waals surface area (Å²) in [5, 5.41) is 5.65. The minimum Gasteiger partial charge on any atom is -0.336 e. The van der Waals surface area contributed by atoms with E-state index in [4.69, 9.17) is 0 Å². The van der Waals surface area contributed by atoms with Gasteiger partial charge in [-0.15, -0.1) is 11.3 Å². The van der Waals surface area contributed by atoms with Crippen molar-refractivity contribution in [2.75, 3.05) is 30.4 Å². The van der Waals surface area contributed by atoms with Crippen LogP contribution in [0.4, 0.5) is 10.8 Å². The number of anilines is 2. The first-order chi connectivity index (χ1) is 12.5. The van der Waals surface area contributed by atoms with Gasteiger partial charge in [-0.05, 0) is 43.5 Å².